The standard InChI is InChI=1S/C21H42BP/c1-8-17(15-16-23(20(2,3)4)21(5,6)7)22-18-11-9-12-19(22)14-10-13-18/h17-19H,8-16H2,1-7H3. The second-order valence-corrected chi connectivity index (χ2v) is 14.4. The Morgan fingerprint density at radius 1 is 0.870 bits per heavy atom. The molecule has 0 spiro atoms. The number of fused-ring (bicyclic) bond motifs is 2. The van der Waals surface area contributed by atoms with Crippen LogP contribution in [0.4, 0.5) is 0 Å². The second-order valence-electron chi connectivity index (χ2n) is 10.4. The molecule has 23 heavy (non-hydrogen) atoms. The summed E-state index contributed by atoms with van der Waals surface area (Å²) in [7, 11) is 0.0832. The molecule has 0 saturated carbocycles. The number of rotatable bonds is 5. The molecule has 2 fully saturated rings. The summed E-state index contributed by atoms with van der Waals surface area (Å²) in [6.45, 7) is 18.5. The molecular formula is C21H42BP. The molecule has 1 unspecified atom stereocenters. The van der Waals surface area contributed by atoms with Crippen LogP contribution in [0.3, 0.4) is 0 Å². The van der Waals surface area contributed by atoms with Gasteiger partial charge in [0.2, 0.25) is 0 Å². The molecule has 134 valence electrons. The first-order valence-corrected chi connectivity index (χ1v) is 11.9. The summed E-state index contributed by atoms with van der Waals surface area (Å²) in [5, 5.41) is 0.989. The maximum absolute atomic E-state index is 2.49. The highest BCUT2D eigenvalue weighted by molar-refractivity contribution is 7.60. The van der Waals surface area contributed by atoms with Gasteiger partial charge in [-0.2, -0.15) is 0 Å². The van der Waals surface area contributed by atoms with E-state index < -0.39 is 0 Å². The predicted molar refractivity (Wildman–Crippen MR) is 111 cm³/mol. The zero-order valence-corrected chi connectivity index (χ0v) is 18.0. The van der Waals surface area contributed by atoms with E-state index in [1.807, 2.05) is 0 Å². The van der Waals surface area contributed by atoms with Gasteiger partial charge in [-0.1, -0.05) is 125 Å². The summed E-state index contributed by atoms with van der Waals surface area (Å²) in [5.41, 5.74) is 0. The first-order valence-electron chi connectivity index (χ1n) is 10.4. The SMILES string of the molecule is CCC(CCP(C(C)(C)C)C(C)(C)C)B1C2CCCC1CCC2. The van der Waals surface area contributed by atoms with Gasteiger partial charge in [-0.15, -0.1) is 0 Å². The average molecular weight is 336 g/mol. The summed E-state index contributed by atoms with van der Waals surface area (Å²) in [4.78, 5) is 0. The van der Waals surface area contributed by atoms with Crippen molar-refractivity contribution in [1.29, 1.82) is 0 Å². The van der Waals surface area contributed by atoms with Gasteiger partial charge >= 0.3 is 0 Å². The molecule has 2 bridgehead atoms. The van der Waals surface area contributed by atoms with Gasteiger partial charge in [0.25, 0.3) is 0 Å². The van der Waals surface area contributed by atoms with E-state index >= 15 is 0 Å². The van der Waals surface area contributed by atoms with E-state index in [4.69, 9.17) is 0 Å². The second kappa shape index (κ2) is 7.80. The van der Waals surface area contributed by atoms with Gasteiger partial charge in [0, 0.05) is 0 Å². The van der Waals surface area contributed by atoms with E-state index in [0.717, 1.165) is 24.2 Å². The fraction of sp³-hybridized carbons (Fsp3) is 1.00. The first-order chi connectivity index (χ1) is 10.6. The van der Waals surface area contributed by atoms with Gasteiger partial charge in [-0.05, 0) is 16.5 Å². The van der Waals surface area contributed by atoms with Gasteiger partial charge in [0.05, 0.1) is 0 Å². The molecule has 0 aliphatic carbocycles. The fourth-order valence-corrected chi connectivity index (χ4v) is 10.1. The van der Waals surface area contributed by atoms with Crippen molar-refractivity contribution in [2.75, 3.05) is 6.16 Å². The van der Waals surface area contributed by atoms with Crippen LogP contribution in [0.5, 0.6) is 0 Å². The smallest absolute Gasteiger partial charge is 0.0957 e. The lowest BCUT2D eigenvalue weighted by Crippen LogP contribution is -2.39. The highest BCUT2D eigenvalue weighted by Gasteiger charge is 2.43. The van der Waals surface area contributed by atoms with Crippen LogP contribution in [0.1, 0.15) is 99.8 Å². The minimum atomic E-state index is 0.0832. The predicted octanol–water partition coefficient (Wildman–Crippen LogP) is 7.84. The molecule has 0 nitrogen and oxygen atoms in total. The van der Waals surface area contributed by atoms with E-state index in [2.05, 4.69) is 48.5 Å². The van der Waals surface area contributed by atoms with E-state index in [0.29, 0.717) is 10.3 Å². The molecule has 2 aliphatic rings. The van der Waals surface area contributed by atoms with Gasteiger partial charge in [-0.25, -0.2) is 0 Å². The maximum Gasteiger partial charge on any atom is 0.149 e. The Kier molecular flexibility index (Phi) is 6.72. The van der Waals surface area contributed by atoms with E-state index in [1.54, 1.807) is 25.7 Å². The molecular weight excluding hydrogens is 294 g/mol. The first kappa shape index (κ1) is 19.8. The molecule has 0 radical (unpaired) electrons. The quantitative estimate of drug-likeness (QED) is 0.354. The van der Waals surface area contributed by atoms with Gasteiger partial charge < -0.3 is 0 Å². The minimum Gasteiger partial charge on any atom is -0.0957 e. The van der Waals surface area contributed by atoms with Crippen molar-refractivity contribution in [3.8, 4) is 0 Å². The molecule has 0 aromatic rings. The molecule has 0 amide bonds. The Morgan fingerprint density at radius 3 is 1.65 bits per heavy atom. The Balaban J connectivity index is 2.04. The largest absolute Gasteiger partial charge is 0.149 e. The third-order valence-electron chi connectivity index (χ3n) is 6.80. The van der Waals surface area contributed by atoms with Crippen LogP contribution in [-0.2, 0) is 0 Å². The average Bonchev–Trinajstić information content (AvgIpc) is 2.40. The van der Waals surface area contributed by atoms with Crippen molar-refractivity contribution in [3.63, 3.8) is 0 Å². The van der Waals surface area contributed by atoms with Crippen molar-refractivity contribution in [3.05, 3.63) is 0 Å². The van der Waals surface area contributed by atoms with Gasteiger partial charge in [0.1, 0.15) is 6.71 Å². The maximum atomic E-state index is 2.49. The zero-order valence-electron chi connectivity index (χ0n) is 17.1. The van der Waals surface area contributed by atoms with Crippen molar-refractivity contribution in [2.24, 2.45) is 0 Å². The van der Waals surface area contributed by atoms with Crippen molar-refractivity contribution in [2.45, 2.75) is 128 Å². The minimum absolute atomic E-state index is 0.0832. The molecule has 0 aromatic heterocycles. The van der Waals surface area contributed by atoms with Crippen LogP contribution in [-0.4, -0.2) is 23.2 Å². The monoisotopic (exact) mass is 336 g/mol. The molecule has 2 heterocycles. The van der Waals surface area contributed by atoms with Crippen LogP contribution >= 0.6 is 7.92 Å². The molecule has 0 N–H and O–H groups in total. The summed E-state index contributed by atoms with van der Waals surface area (Å²) in [6, 6.07) is 0. The molecule has 0 aromatic carbocycles. The molecule has 2 rings (SSSR count). The zero-order chi connectivity index (χ0) is 17.3. The lowest BCUT2D eigenvalue weighted by Gasteiger charge is -2.46. The third kappa shape index (κ3) is 4.99. The summed E-state index contributed by atoms with van der Waals surface area (Å²) >= 11 is 0. The van der Waals surface area contributed by atoms with E-state index in [9.17, 15) is 0 Å². The van der Waals surface area contributed by atoms with Crippen LogP contribution in [0.25, 0.3) is 0 Å². The lowest BCUT2D eigenvalue weighted by atomic mass is 9.22. The van der Waals surface area contributed by atoms with Crippen LogP contribution < -0.4 is 0 Å². The Morgan fingerprint density at radius 2 is 1.30 bits per heavy atom. The van der Waals surface area contributed by atoms with Gasteiger partial charge in [-0.3, -0.25) is 0 Å². The fourth-order valence-electron chi connectivity index (χ4n) is 6.14. The van der Waals surface area contributed by atoms with Crippen LogP contribution in [0.2, 0.25) is 17.5 Å². The highest BCUT2D eigenvalue weighted by atomic mass is 31.1. The molecule has 2 aliphatic heterocycles. The molecule has 1 atom stereocenters. The van der Waals surface area contributed by atoms with Gasteiger partial charge in [0.15, 0.2) is 0 Å². The number of hydrogen-bond acceptors (Lipinski definition) is 0. The summed E-state index contributed by atoms with van der Waals surface area (Å²) in [6.07, 6.45) is 13.7. The van der Waals surface area contributed by atoms with Crippen molar-refractivity contribution < 1.29 is 0 Å². The Labute approximate surface area is 148 Å². The lowest BCUT2D eigenvalue weighted by molar-refractivity contribution is 0.430. The van der Waals surface area contributed by atoms with Crippen molar-refractivity contribution in [1.82, 2.24) is 0 Å². The molecule has 2 heteroatoms. The summed E-state index contributed by atoms with van der Waals surface area (Å²) < 4.78 is 0. The van der Waals surface area contributed by atoms with E-state index in [-0.39, 0.29) is 7.92 Å². The Hall–Kier alpha value is 0.495. The normalized spacial score (nSPS) is 27.4. The number of hydrogen-bond donors (Lipinski definition) is 0. The molecule has 2 saturated heterocycles. The van der Waals surface area contributed by atoms with E-state index in [1.165, 1.54) is 31.8 Å². The van der Waals surface area contributed by atoms with Crippen LogP contribution in [0, 0.1) is 0 Å². The van der Waals surface area contributed by atoms with Crippen LogP contribution in [0.15, 0.2) is 0 Å². The Bertz CT molecular complexity index is 329. The highest BCUT2D eigenvalue weighted by Crippen LogP contribution is 2.61. The third-order valence-corrected chi connectivity index (χ3v) is 10.7. The topological polar surface area (TPSA) is 0 Å². The van der Waals surface area contributed by atoms with Crippen molar-refractivity contribution >= 4 is 14.6 Å². The summed E-state index contributed by atoms with van der Waals surface area (Å²) in [5.74, 6) is 3.19.